The van der Waals surface area contributed by atoms with E-state index >= 15 is 0 Å². The quantitative estimate of drug-likeness (QED) is 0.724. The minimum atomic E-state index is 0.878. The van der Waals surface area contributed by atoms with E-state index in [9.17, 15) is 0 Å². The van der Waals surface area contributed by atoms with E-state index in [1.807, 2.05) is 25.1 Å². The molecule has 3 heteroatoms. The molecule has 0 saturated heterocycles. The first-order chi connectivity index (χ1) is 7.24. The Bertz CT molecular complexity index is 496. The van der Waals surface area contributed by atoms with Crippen molar-refractivity contribution < 1.29 is 4.74 Å². The highest BCUT2D eigenvalue weighted by atomic mass is 32.2. The summed E-state index contributed by atoms with van der Waals surface area (Å²) >= 11 is 1.74. The number of aromatic nitrogens is 1. The Morgan fingerprint density at radius 1 is 1.27 bits per heavy atom. The fourth-order valence-electron chi connectivity index (χ4n) is 1.60. The van der Waals surface area contributed by atoms with Crippen molar-refractivity contribution in [3.8, 4) is 5.75 Å². The first kappa shape index (κ1) is 10.3. The first-order valence-electron chi connectivity index (χ1n) is 4.74. The third kappa shape index (κ3) is 1.92. The van der Waals surface area contributed by atoms with Crippen molar-refractivity contribution in [1.29, 1.82) is 0 Å². The number of benzene rings is 1. The lowest BCUT2D eigenvalue weighted by atomic mass is 10.2. The Kier molecular flexibility index (Phi) is 2.82. The van der Waals surface area contributed by atoms with E-state index in [2.05, 4.69) is 17.3 Å². The fourth-order valence-corrected chi connectivity index (χ4v) is 2.27. The van der Waals surface area contributed by atoms with E-state index in [1.165, 1.54) is 4.90 Å². The van der Waals surface area contributed by atoms with Crippen molar-refractivity contribution in [2.24, 2.45) is 0 Å². The number of hydrogen-bond acceptors (Lipinski definition) is 3. The fraction of sp³-hybridized carbons (Fsp3) is 0.250. The van der Waals surface area contributed by atoms with Crippen LogP contribution in [0.5, 0.6) is 5.75 Å². The topological polar surface area (TPSA) is 22.1 Å². The molecule has 0 saturated carbocycles. The summed E-state index contributed by atoms with van der Waals surface area (Å²) in [5, 5.41) is 1.16. The Morgan fingerprint density at radius 3 is 2.73 bits per heavy atom. The molecule has 0 unspecified atom stereocenters. The zero-order valence-corrected chi connectivity index (χ0v) is 9.89. The van der Waals surface area contributed by atoms with Gasteiger partial charge in [-0.25, -0.2) is 0 Å². The van der Waals surface area contributed by atoms with Crippen LogP contribution in [-0.4, -0.2) is 18.3 Å². The van der Waals surface area contributed by atoms with Crippen LogP contribution in [0.2, 0.25) is 0 Å². The van der Waals surface area contributed by atoms with E-state index in [0.717, 1.165) is 22.3 Å². The van der Waals surface area contributed by atoms with Gasteiger partial charge >= 0.3 is 0 Å². The van der Waals surface area contributed by atoms with Crippen LogP contribution in [0.1, 0.15) is 5.69 Å². The number of thioether (sulfide) groups is 1. The Labute approximate surface area is 93.7 Å². The molecule has 0 aliphatic heterocycles. The number of methoxy groups -OCH3 is 1. The second-order valence-electron chi connectivity index (χ2n) is 3.35. The number of ether oxygens (including phenoxy) is 1. The summed E-state index contributed by atoms with van der Waals surface area (Å²) in [4.78, 5) is 5.74. The van der Waals surface area contributed by atoms with Gasteiger partial charge < -0.3 is 4.74 Å². The number of rotatable bonds is 2. The second-order valence-corrected chi connectivity index (χ2v) is 4.20. The van der Waals surface area contributed by atoms with Crippen molar-refractivity contribution in [3.05, 3.63) is 30.0 Å². The summed E-state index contributed by atoms with van der Waals surface area (Å²) in [5.41, 5.74) is 2.08. The van der Waals surface area contributed by atoms with Gasteiger partial charge in [-0.3, -0.25) is 4.98 Å². The van der Waals surface area contributed by atoms with Crippen LogP contribution < -0.4 is 4.74 Å². The van der Waals surface area contributed by atoms with E-state index in [0.29, 0.717) is 0 Å². The minimum Gasteiger partial charge on any atom is -0.497 e. The average Bonchev–Trinajstić information content (AvgIpc) is 2.27. The predicted octanol–water partition coefficient (Wildman–Crippen LogP) is 3.27. The molecule has 0 N–H and O–H groups in total. The summed E-state index contributed by atoms with van der Waals surface area (Å²) in [7, 11) is 1.68. The van der Waals surface area contributed by atoms with Gasteiger partial charge in [-0.05, 0) is 37.4 Å². The molecule has 2 nitrogen and oxygen atoms in total. The molecule has 78 valence electrons. The van der Waals surface area contributed by atoms with Crippen LogP contribution in [0.15, 0.2) is 29.2 Å². The largest absolute Gasteiger partial charge is 0.497 e. The van der Waals surface area contributed by atoms with Gasteiger partial charge in [-0.1, -0.05) is 0 Å². The highest BCUT2D eigenvalue weighted by Gasteiger charge is 2.04. The van der Waals surface area contributed by atoms with Crippen LogP contribution in [0.4, 0.5) is 0 Å². The molecule has 2 aromatic rings. The number of fused-ring (bicyclic) bond motifs is 1. The zero-order valence-electron chi connectivity index (χ0n) is 9.07. The minimum absolute atomic E-state index is 0.878. The Balaban J connectivity index is 2.73. The van der Waals surface area contributed by atoms with Crippen molar-refractivity contribution in [2.45, 2.75) is 11.8 Å². The SMILES string of the molecule is COc1ccc2nc(C)cc(SC)c2c1. The standard InChI is InChI=1S/C12H13NOS/c1-8-6-12(15-3)10-7-9(14-2)4-5-11(10)13-8/h4-7H,1-3H3. The molecule has 2 rings (SSSR count). The van der Waals surface area contributed by atoms with Crippen LogP contribution in [0, 0.1) is 6.92 Å². The van der Waals surface area contributed by atoms with Crippen LogP contribution in [0.25, 0.3) is 10.9 Å². The van der Waals surface area contributed by atoms with E-state index in [1.54, 1.807) is 18.9 Å². The molecular formula is C12H13NOS. The molecule has 0 spiro atoms. The number of aryl methyl sites for hydroxylation is 1. The monoisotopic (exact) mass is 219 g/mol. The van der Waals surface area contributed by atoms with Crippen molar-refractivity contribution in [3.63, 3.8) is 0 Å². The van der Waals surface area contributed by atoms with E-state index in [-0.39, 0.29) is 0 Å². The third-order valence-electron chi connectivity index (χ3n) is 2.33. The molecule has 1 aromatic heterocycles. The normalized spacial score (nSPS) is 10.6. The lowest BCUT2D eigenvalue weighted by Gasteiger charge is -2.07. The van der Waals surface area contributed by atoms with Crippen LogP contribution in [0.3, 0.4) is 0 Å². The molecule has 0 aliphatic rings. The van der Waals surface area contributed by atoms with E-state index < -0.39 is 0 Å². The van der Waals surface area contributed by atoms with Gasteiger partial charge in [0.15, 0.2) is 0 Å². The Hall–Kier alpha value is -1.22. The number of pyridine rings is 1. The van der Waals surface area contributed by atoms with Crippen LogP contribution in [-0.2, 0) is 0 Å². The number of hydrogen-bond donors (Lipinski definition) is 0. The first-order valence-corrected chi connectivity index (χ1v) is 5.96. The van der Waals surface area contributed by atoms with Crippen molar-refractivity contribution in [2.75, 3.05) is 13.4 Å². The van der Waals surface area contributed by atoms with Gasteiger partial charge in [-0.15, -0.1) is 11.8 Å². The van der Waals surface area contributed by atoms with E-state index in [4.69, 9.17) is 4.74 Å². The maximum absolute atomic E-state index is 5.21. The molecule has 0 bridgehead atoms. The van der Waals surface area contributed by atoms with Crippen LogP contribution >= 0.6 is 11.8 Å². The zero-order chi connectivity index (χ0) is 10.8. The molecular weight excluding hydrogens is 206 g/mol. The average molecular weight is 219 g/mol. The number of nitrogens with zero attached hydrogens (tertiary/aromatic N) is 1. The summed E-state index contributed by atoms with van der Waals surface area (Å²) in [5.74, 6) is 0.878. The second kappa shape index (κ2) is 4.11. The molecule has 1 aromatic carbocycles. The van der Waals surface area contributed by atoms with Crippen molar-refractivity contribution in [1.82, 2.24) is 4.98 Å². The molecule has 0 aliphatic carbocycles. The van der Waals surface area contributed by atoms with Gasteiger partial charge in [0, 0.05) is 16.0 Å². The highest BCUT2D eigenvalue weighted by Crippen LogP contribution is 2.28. The molecule has 0 amide bonds. The van der Waals surface area contributed by atoms with Gasteiger partial charge in [0.2, 0.25) is 0 Å². The molecule has 0 radical (unpaired) electrons. The summed E-state index contributed by atoms with van der Waals surface area (Å²) < 4.78 is 5.21. The molecule has 1 heterocycles. The summed E-state index contributed by atoms with van der Waals surface area (Å²) in [6.45, 7) is 2.02. The van der Waals surface area contributed by atoms with Gasteiger partial charge in [-0.2, -0.15) is 0 Å². The third-order valence-corrected chi connectivity index (χ3v) is 3.10. The predicted molar refractivity (Wildman–Crippen MR) is 64.8 cm³/mol. The van der Waals surface area contributed by atoms with Gasteiger partial charge in [0.1, 0.15) is 5.75 Å². The van der Waals surface area contributed by atoms with Gasteiger partial charge in [0.25, 0.3) is 0 Å². The van der Waals surface area contributed by atoms with Gasteiger partial charge in [0.05, 0.1) is 12.6 Å². The highest BCUT2D eigenvalue weighted by molar-refractivity contribution is 7.98. The lowest BCUT2D eigenvalue weighted by Crippen LogP contribution is -1.88. The smallest absolute Gasteiger partial charge is 0.119 e. The lowest BCUT2D eigenvalue weighted by molar-refractivity contribution is 0.415. The summed E-state index contributed by atoms with van der Waals surface area (Å²) in [6.07, 6.45) is 2.08. The molecule has 0 atom stereocenters. The molecule has 0 fully saturated rings. The Morgan fingerprint density at radius 2 is 2.07 bits per heavy atom. The maximum Gasteiger partial charge on any atom is 0.119 e. The maximum atomic E-state index is 5.21. The molecule has 15 heavy (non-hydrogen) atoms. The van der Waals surface area contributed by atoms with Crippen molar-refractivity contribution >= 4 is 22.7 Å². The summed E-state index contributed by atoms with van der Waals surface area (Å²) in [6, 6.07) is 8.08.